The van der Waals surface area contributed by atoms with Crippen molar-refractivity contribution in [3.63, 3.8) is 0 Å². The Kier molecular flexibility index (Phi) is 4.29. The molecule has 1 aliphatic carbocycles. The molecule has 0 unspecified atom stereocenters. The fraction of sp³-hybridized carbons (Fsp3) is 0.500. The van der Waals surface area contributed by atoms with E-state index in [2.05, 4.69) is 20.1 Å². The number of aryl methyl sites for hydroxylation is 1. The van der Waals surface area contributed by atoms with Crippen LogP contribution in [0.25, 0.3) is 0 Å². The van der Waals surface area contributed by atoms with Crippen LogP contribution in [0.2, 0.25) is 0 Å². The number of aromatic nitrogens is 3. The van der Waals surface area contributed by atoms with Gasteiger partial charge in [0.1, 0.15) is 0 Å². The van der Waals surface area contributed by atoms with Crippen LogP contribution >= 0.6 is 0 Å². The van der Waals surface area contributed by atoms with Crippen molar-refractivity contribution in [2.24, 2.45) is 0 Å². The maximum atomic E-state index is 12.9. The molecule has 132 valence electrons. The number of nitrogens with zero attached hydrogens (tertiary/aromatic N) is 4. The quantitative estimate of drug-likeness (QED) is 0.919. The molecule has 0 atom stereocenters. The lowest BCUT2D eigenvalue weighted by Crippen LogP contribution is -2.49. The molecule has 0 bridgehead atoms. The molecule has 2 aromatic rings. The van der Waals surface area contributed by atoms with Crippen molar-refractivity contribution >= 4 is 11.6 Å². The van der Waals surface area contributed by atoms with E-state index >= 15 is 0 Å². The summed E-state index contributed by atoms with van der Waals surface area (Å²) in [4.78, 5) is 21.3. The molecule has 1 amide bonds. The van der Waals surface area contributed by atoms with Gasteiger partial charge >= 0.3 is 0 Å². The first kappa shape index (κ1) is 15.9. The number of pyridine rings is 1. The number of methoxy groups -OCH3 is 1. The van der Waals surface area contributed by atoms with Crippen molar-refractivity contribution in [1.82, 2.24) is 20.1 Å². The van der Waals surface area contributed by atoms with E-state index in [1.165, 1.54) is 6.42 Å². The molecule has 25 heavy (non-hydrogen) atoms. The van der Waals surface area contributed by atoms with E-state index in [9.17, 15) is 4.79 Å². The zero-order valence-electron chi connectivity index (χ0n) is 14.5. The summed E-state index contributed by atoms with van der Waals surface area (Å²) in [5.74, 6) is 0.674. The van der Waals surface area contributed by atoms with Gasteiger partial charge in [0.25, 0.3) is 5.91 Å². The highest BCUT2D eigenvalue weighted by molar-refractivity contribution is 5.94. The maximum absolute atomic E-state index is 12.9. The molecular weight excluding hydrogens is 318 g/mol. The van der Waals surface area contributed by atoms with Gasteiger partial charge in [-0.2, -0.15) is 5.10 Å². The van der Waals surface area contributed by atoms with E-state index in [1.807, 2.05) is 23.2 Å². The van der Waals surface area contributed by atoms with Crippen molar-refractivity contribution in [3.8, 4) is 5.88 Å². The van der Waals surface area contributed by atoms with Crippen LogP contribution < -0.4 is 9.64 Å². The van der Waals surface area contributed by atoms with E-state index < -0.39 is 0 Å². The molecule has 0 spiro atoms. The molecule has 0 aromatic carbocycles. The molecular formula is C18H23N5O2. The third-order valence-corrected chi connectivity index (χ3v) is 5.12. The number of rotatable bonds is 3. The number of aromatic amines is 1. The molecule has 4 rings (SSSR count). The highest BCUT2D eigenvalue weighted by Gasteiger charge is 2.28. The SMILES string of the molecule is COc1ccc(N2CCN(C(=O)c3n[nH]c4c3CCCC4)CC2)cn1. The van der Waals surface area contributed by atoms with E-state index in [4.69, 9.17) is 4.74 Å². The third-order valence-electron chi connectivity index (χ3n) is 5.12. The molecule has 7 heteroatoms. The number of fused-ring (bicyclic) bond motifs is 1. The van der Waals surface area contributed by atoms with Crippen molar-refractivity contribution in [2.45, 2.75) is 25.7 Å². The molecule has 1 fully saturated rings. The third kappa shape index (κ3) is 3.06. The summed E-state index contributed by atoms with van der Waals surface area (Å²) in [6.07, 6.45) is 6.11. The van der Waals surface area contributed by atoms with Crippen LogP contribution in [0.5, 0.6) is 5.88 Å². The van der Waals surface area contributed by atoms with Gasteiger partial charge < -0.3 is 14.5 Å². The summed E-state index contributed by atoms with van der Waals surface area (Å²) < 4.78 is 5.10. The topological polar surface area (TPSA) is 74.3 Å². The van der Waals surface area contributed by atoms with Gasteiger partial charge in [0.15, 0.2) is 5.69 Å². The Morgan fingerprint density at radius 2 is 1.96 bits per heavy atom. The number of hydrogen-bond acceptors (Lipinski definition) is 5. The average molecular weight is 341 g/mol. The maximum Gasteiger partial charge on any atom is 0.274 e. The highest BCUT2D eigenvalue weighted by Crippen LogP contribution is 2.24. The molecule has 1 N–H and O–H groups in total. The van der Waals surface area contributed by atoms with Crippen LogP contribution in [0, 0.1) is 0 Å². The number of hydrogen-bond donors (Lipinski definition) is 1. The van der Waals surface area contributed by atoms with Gasteiger partial charge in [0.2, 0.25) is 5.88 Å². The van der Waals surface area contributed by atoms with Crippen LogP contribution in [-0.2, 0) is 12.8 Å². The number of carbonyl (C=O) groups is 1. The van der Waals surface area contributed by atoms with Gasteiger partial charge in [-0.1, -0.05) is 0 Å². The standard InChI is InChI=1S/C18H23N5O2/c1-25-16-7-6-13(12-19-16)22-8-10-23(11-9-22)18(24)17-14-4-2-3-5-15(14)20-21-17/h6-7,12H,2-5,8-11H2,1H3,(H,20,21). The Morgan fingerprint density at radius 1 is 1.16 bits per heavy atom. The average Bonchev–Trinajstić information content (AvgIpc) is 3.12. The normalized spacial score (nSPS) is 17.3. The number of ether oxygens (including phenoxy) is 1. The zero-order valence-corrected chi connectivity index (χ0v) is 14.5. The lowest BCUT2D eigenvalue weighted by Gasteiger charge is -2.35. The minimum absolute atomic E-state index is 0.0619. The molecule has 7 nitrogen and oxygen atoms in total. The van der Waals surface area contributed by atoms with E-state index in [-0.39, 0.29) is 5.91 Å². The van der Waals surface area contributed by atoms with Crippen LogP contribution in [0.3, 0.4) is 0 Å². The molecule has 2 aromatic heterocycles. The Hall–Kier alpha value is -2.57. The van der Waals surface area contributed by atoms with Crippen LogP contribution in [0.4, 0.5) is 5.69 Å². The van der Waals surface area contributed by atoms with Crippen molar-refractivity contribution < 1.29 is 9.53 Å². The monoisotopic (exact) mass is 341 g/mol. The predicted molar refractivity (Wildman–Crippen MR) is 94.1 cm³/mol. The summed E-state index contributed by atoms with van der Waals surface area (Å²) in [6.45, 7) is 3.00. The van der Waals surface area contributed by atoms with Crippen LogP contribution in [0.15, 0.2) is 18.3 Å². The van der Waals surface area contributed by atoms with Gasteiger partial charge in [-0.05, 0) is 31.7 Å². The number of H-pyrrole nitrogens is 1. The Bertz CT molecular complexity index is 747. The summed E-state index contributed by atoms with van der Waals surface area (Å²) in [5.41, 5.74) is 3.98. The minimum atomic E-state index is 0.0619. The molecule has 3 heterocycles. The van der Waals surface area contributed by atoms with E-state index in [0.717, 1.165) is 49.3 Å². The van der Waals surface area contributed by atoms with E-state index in [0.29, 0.717) is 24.7 Å². The summed E-state index contributed by atoms with van der Waals surface area (Å²) in [6, 6.07) is 3.87. The molecule has 0 saturated carbocycles. The van der Waals surface area contributed by atoms with Crippen molar-refractivity contribution in [1.29, 1.82) is 0 Å². The number of piperazine rings is 1. The largest absolute Gasteiger partial charge is 0.481 e. The Labute approximate surface area is 147 Å². The minimum Gasteiger partial charge on any atom is -0.481 e. The second kappa shape index (κ2) is 6.74. The van der Waals surface area contributed by atoms with Crippen molar-refractivity contribution in [3.05, 3.63) is 35.3 Å². The van der Waals surface area contributed by atoms with Gasteiger partial charge in [-0.15, -0.1) is 0 Å². The molecule has 1 aliphatic heterocycles. The summed E-state index contributed by atoms with van der Waals surface area (Å²) >= 11 is 0. The number of carbonyl (C=O) groups excluding carboxylic acids is 1. The Morgan fingerprint density at radius 3 is 2.68 bits per heavy atom. The highest BCUT2D eigenvalue weighted by atomic mass is 16.5. The fourth-order valence-electron chi connectivity index (χ4n) is 3.66. The summed E-state index contributed by atoms with van der Waals surface area (Å²) in [5, 5.41) is 7.38. The van der Waals surface area contributed by atoms with E-state index in [1.54, 1.807) is 7.11 Å². The fourth-order valence-corrected chi connectivity index (χ4v) is 3.66. The first-order chi connectivity index (χ1) is 12.3. The summed E-state index contributed by atoms with van der Waals surface area (Å²) in [7, 11) is 1.61. The zero-order chi connectivity index (χ0) is 17.2. The first-order valence-corrected chi connectivity index (χ1v) is 8.86. The van der Waals surface area contributed by atoms with Gasteiger partial charge in [0, 0.05) is 43.5 Å². The van der Waals surface area contributed by atoms with Crippen LogP contribution in [0.1, 0.15) is 34.6 Å². The van der Waals surface area contributed by atoms with Gasteiger partial charge in [-0.25, -0.2) is 4.98 Å². The molecule has 1 saturated heterocycles. The second-order valence-corrected chi connectivity index (χ2v) is 6.57. The van der Waals surface area contributed by atoms with Crippen LogP contribution in [-0.4, -0.2) is 59.3 Å². The lowest BCUT2D eigenvalue weighted by molar-refractivity contribution is 0.0739. The number of nitrogens with one attached hydrogen (secondary N) is 1. The second-order valence-electron chi connectivity index (χ2n) is 6.57. The molecule has 2 aliphatic rings. The first-order valence-electron chi connectivity index (χ1n) is 8.86. The number of amides is 1. The van der Waals surface area contributed by atoms with Crippen molar-refractivity contribution in [2.75, 3.05) is 38.2 Å². The molecule has 0 radical (unpaired) electrons. The number of anilines is 1. The van der Waals surface area contributed by atoms with Gasteiger partial charge in [0.05, 0.1) is 19.0 Å². The Balaban J connectivity index is 1.41. The predicted octanol–water partition coefficient (Wildman–Crippen LogP) is 1.65. The van der Waals surface area contributed by atoms with Gasteiger partial charge in [-0.3, -0.25) is 9.89 Å². The lowest BCUT2D eigenvalue weighted by atomic mass is 9.95. The smallest absolute Gasteiger partial charge is 0.274 e.